The fourth-order valence-electron chi connectivity index (χ4n) is 8.58. The molecule has 12 heteroatoms. The van der Waals surface area contributed by atoms with Gasteiger partial charge in [0.15, 0.2) is 5.69 Å². The van der Waals surface area contributed by atoms with Gasteiger partial charge in [-0.05, 0) is 120 Å². The van der Waals surface area contributed by atoms with Gasteiger partial charge >= 0.3 is 0 Å². The molecule has 1 N–H and O–H groups in total. The fourth-order valence-corrected chi connectivity index (χ4v) is 9.19. The lowest BCUT2D eigenvalue weighted by Crippen LogP contribution is -2.56. The molecule has 54 heavy (non-hydrogen) atoms. The first-order chi connectivity index (χ1) is 25.7. The number of carbonyl (C=O) groups is 2. The number of ether oxygens (including phenoxy) is 1. The molecule has 0 spiro atoms. The third kappa shape index (κ3) is 6.76. The number of rotatable bonds is 8. The van der Waals surface area contributed by atoms with Gasteiger partial charge in [-0.3, -0.25) is 14.5 Å². The monoisotopic (exact) mass is 754 g/mol. The minimum absolute atomic E-state index is 0.0187. The van der Waals surface area contributed by atoms with Gasteiger partial charge < -0.3 is 18.8 Å². The topological polar surface area (TPSA) is 119 Å². The number of benzene rings is 2. The number of carbonyl (C=O) groups excluding carboxylic acids is 2. The van der Waals surface area contributed by atoms with Crippen molar-refractivity contribution in [3.05, 3.63) is 70.8 Å². The van der Waals surface area contributed by atoms with Gasteiger partial charge in [-0.15, -0.1) is 0 Å². The lowest BCUT2D eigenvalue weighted by molar-refractivity contribution is 0.0409. The van der Waals surface area contributed by atoms with Crippen molar-refractivity contribution < 1.29 is 22.7 Å². The number of sulfonamides is 1. The number of likely N-dealkylation sites (N-methyl/N-ethyl adjacent to an activating group) is 1. The van der Waals surface area contributed by atoms with Crippen LogP contribution in [0.2, 0.25) is 0 Å². The number of imidazole rings is 1. The van der Waals surface area contributed by atoms with Crippen molar-refractivity contribution in [3.8, 4) is 17.0 Å². The predicted molar refractivity (Wildman–Crippen MR) is 214 cm³/mol. The molecule has 11 nitrogen and oxygen atoms in total. The molecular weight excluding hydrogens is 701 g/mol. The molecule has 4 aromatic rings. The first-order valence-electron chi connectivity index (χ1n) is 19.4. The highest BCUT2D eigenvalue weighted by molar-refractivity contribution is 7.90. The molecule has 2 aromatic carbocycles. The molecule has 2 atom stereocenters. The summed E-state index contributed by atoms with van der Waals surface area (Å²) in [6, 6.07) is 12.2. The maximum atomic E-state index is 14.6. The normalized spacial score (nSPS) is 19.8. The van der Waals surface area contributed by atoms with E-state index in [0.717, 1.165) is 70.4 Å². The van der Waals surface area contributed by atoms with Crippen LogP contribution in [0.5, 0.6) is 5.75 Å². The average Bonchev–Trinajstić information content (AvgIpc) is 3.68. The van der Waals surface area contributed by atoms with E-state index in [1.807, 2.05) is 23.1 Å². The molecule has 0 radical (unpaired) electrons. The van der Waals surface area contributed by atoms with E-state index in [2.05, 4.69) is 71.7 Å². The summed E-state index contributed by atoms with van der Waals surface area (Å²) >= 11 is 0. The number of aromatic nitrogens is 3. The van der Waals surface area contributed by atoms with Crippen LogP contribution >= 0.6 is 0 Å². The van der Waals surface area contributed by atoms with E-state index >= 15 is 0 Å². The maximum Gasteiger partial charge on any atom is 0.274 e. The van der Waals surface area contributed by atoms with Crippen LogP contribution in [0, 0.1) is 0 Å². The Balaban J connectivity index is 1.46. The van der Waals surface area contributed by atoms with Gasteiger partial charge in [0.1, 0.15) is 5.75 Å². The largest absolute Gasteiger partial charge is 0.497 e. The SMILES string of the molecule is COc1ccc2c(c1)C=C(c1c(C(=O)N3C[C@@H](C)N(C)[C@@H](C)C3)ncn1C(C)C)Cn1c-2c(C2CCCCC2)c2ccc(C(=O)NS(=O)(=O)C(C)C)cc21. The average molecular weight is 755 g/mol. The Bertz CT molecular complexity index is 2230. The molecule has 2 fully saturated rings. The Labute approximate surface area is 319 Å². The van der Waals surface area contributed by atoms with Gasteiger partial charge in [0.2, 0.25) is 10.0 Å². The van der Waals surface area contributed by atoms with Gasteiger partial charge in [0, 0.05) is 53.2 Å². The zero-order valence-corrected chi connectivity index (χ0v) is 33.7. The summed E-state index contributed by atoms with van der Waals surface area (Å²) in [6.45, 7) is 13.2. The second-order valence-corrected chi connectivity index (χ2v) is 18.3. The summed E-state index contributed by atoms with van der Waals surface area (Å²) in [4.78, 5) is 37.2. The van der Waals surface area contributed by atoms with Crippen molar-refractivity contribution in [2.45, 2.75) is 109 Å². The summed E-state index contributed by atoms with van der Waals surface area (Å²) in [6.07, 6.45) is 9.58. The number of hydrogen-bond acceptors (Lipinski definition) is 7. The molecule has 7 rings (SSSR count). The van der Waals surface area contributed by atoms with Crippen LogP contribution in [-0.4, -0.2) is 88.7 Å². The van der Waals surface area contributed by atoms with E-state index in [0.29, 0.717) is 31.2 Å². The Morgan fingerprint density at radius 1 is 0.944 bits per heavy atom. The summed E-state index contributed by atoms with van der Waals surface area (Å²) in [5.74, 6) is 0.302. The van der Waals surface area contributed by atoms with Crippen LogP contribution in [0.15, 0.2) is 42.7 Å². The molecule has 1 aliphatic carbocycles. The smallest absolute Gasteiger partial charge is 0.274 e. The van der Waals surface area contributed by atoms with E-state index in [1.165, 1.54) is 12.0 Å². The summed E-state index contributed by atoms with van der Waals surface area (Å²) in [5, 5.41) is 0.297. The van der Waals surface area contributed by atoms with Crippen molar-refractivity contribution in [1.82, 2.24) is 28.6 Å². The molecule has 2 aromatic heterocycles. The van der Waals surface area contributed by atoms with Crippen LogP contribution in [0.3, 0.4) is 0 Å². The third-order valence-electron chi connectivity index (χ3n) is 11.9. The predicted octanol–water partition coefficient (Wildman–Crippen LogP) is 7.33. The molecule has 288 valence electrons. The molecule has 2 amide bonds. The van der Waals surface area contributed by atoms with Gasteiger partial charge in [-0.25, -0.2) is 18.1 Å². The van der Waals surface area contributed by atoms with Crippen LogP contribution in [0.4, 0.5) is 0 Å². The lowest BCUT2D eigenvalue weighted by Gasteiger charge is -2.42. The standard InChI is InChI=1S/C42H54N6O5S/c1-25(2)48-24-43-38(42(50)46-21-27(5)45(7)28(6)22-46)39(48)32-18-31-19-33(53-8)15-17-34(31)40-37(29-12-10-9-11-13-29)35-16-14-30(20-36(35)47(40)23-32)41(49)44-54(51,52)26(3)4/h14-20,24-29H,9-13,21-23H2,1-8H3,(H,44,49)/t27-,28+. The Morgan fingerprint density at radius 2 is 1.65 bits per heavy atom. The summed E-state index contributed by atoms with van der Waals surface area (Å²) in [7, 11) is -0.0629. The van der Waals surface area contributed by atoms with E-state index in [1.54, 1.807) is 33.4 Å². The van der Waals surface area contributed by atoms with Gasteiger partial charge in [-0.2, -0.15) is 0 Å². The third-order valence-corrected chi connectivity index (χ3v) is 13.6. The van der Waals surface area contributed by atoms with Gasteiger partial charge in [0.25, 0.3) is 11.8 Å². The Morgan fingerprint density at radius 3 is 2.30 bits per heavy atom. The van der Waals surface area contributed by atoms with Crippen LogP contribution in [-0.2, 0) is 16.6 Å². The molecule has 1 saturated heterocycles. The minimum Gasteiger partial charge on any atom is -0.497 e. The number of methoxy groups -OCH3 is 1. The highest BCUT2D eigenvalue weighted by Gasteiger charge is 2.35. The van der Waals surface area contributed by atoms with Crippen molar-refractivity contribution in [2.75, 3.05) is 27.2 Å². The lowest BCUT2D eigenvalue weighted by atomic mass is 9.81. The second-order valence-electron chi connectivity index (χ2n) is 16.1. The number of hydrogen-bond donors (Lipinski definition) is 1. The zero-order valence-electron chi connectivity index (χ0n) is 32.8. The first kappa shape index (κ1) is 37.9. The van der Waals surface area contributed by atoms with Crippen LogP contribution in [0.25, 0.3) is 33.8 Å². The number of fused-ring (bicyclic) bond motifs is 5. The van der Waals surface area contributed by atoms with E-state index in [9.17, 15) is 18.0 Å². The molecular formula is C42H54N6O5S. The number of nitrogens with one attached hydrogen (secondary N) is 1. The van der Waals surface area contributed by atoms with Gasteiger partial charge in [-0.1, -0.05) is 25.3 Å². The van der Waals surface area contributed by atoms with Gasteiger partial charge in [0.05, 0.1) is 36.6 Å². The highest BCUT2D eigenvalue weighted by atomic mass is 32.2. The van der Waals surface area contributed by atoms with Crippen molar-refractivity contribution >= 4 is 44.4 Å². The first-order valence-corrected chi connectivity index (χ1v) is 20.9. The molecule has 3 aliphatic rings. The molecule has 0 unspecified atom stereocenters. The Kier molecular flexibility index (Phi) is 10.3. The van der Waals surface area contributed by atoms with Crippen molar-refractivity contribution in [1.29, 1.82) is 0 Å². The molecule has 4 heterocycles. The number of allylic oxidation sites excluding steroid dienone is 1. The van der Waals surface area contributed by atoms with E-state index in [-0.39, 0.29) is 29.6 Å². The molecule has 1 saturated carbocycles. The van der Waals surface area contributed by atoms with Crippen LogP contribution in [0.1, 0.15) is 123 Å². The van der Waals surface area contributed by atoms with E-state index < -0.39 is 21.2 Å². The maximum absolute atomic E-state index is 14.6. The van der Waals surface area contributed by atoms with Crippen molar-refractivity contribution in [3.63, 3.8) is 0 Å². The highest BCUT2D eigenvalue weighted by Crippen LogP contribution is 2.48. The summed E-state index contributed by atoms with van der Waals surface area (Å²) < 4.78 is 38.0. The quantitative estimate of drug-likeness (QED) is 0.200. The zero-order chi connectivity index (χ0) is 38.6. The second kappa shape index (κ2) is 14.7. The molecule has 0 bridgehead atoms. The number of nitrogens with zero attached hydrogens (tertiary/aromatic N) is 5. The van der Waals surface area contributed by atoms with Crippen LogP contribution < -0.4 is 9.46 Å². The van der Waals surface area contributed by atoms with E-state index in [4.69, 9.17) is 9.72 Å². The number of piperazine rings is 1. The minimum atomic E-state index is -3.84. The van der Waals surface area contributed by atoms with Crippen molar-refractivity contribution in [2.24, 2.45) is 0 Å². The fraction of sp³-hybridized carbons (Fsp3) is 0.500. The summed E-state index contributed by atoms with van der Waals surface area (Å²) in [5.41, 5.74) is 7.58. The Hall–Kier alpha value is -4.42. The number of amides is 2. The molecule has 2 aliphatic heterocycles.